The predicted molar refractivity (Wildman–Crippen MR) is 71.1 cm³/mol. The fourth-order valence-electron chi connectivity index (χ4n) is 2.16. The molecule has 4 nitrogen and oxygen atoms in total. The Kier molecular flexibility index (Phi) is 2.71. The van der Waals surface area contributed by atoms with Crippen molar-refractivity contribution >= 4 is 22.5 Å². The Morgan fingerprint density at radius 1 is 1.21 bits per heavy atom. The Morgan fingerprint density at radius 3 is 2.68 bits per heavy atom. The van der Waals surface area contributed by atoms with Gasteiger partial charge in [-0.15, -0.1) is 5.10 Å². The van der Waals surface area contributed by atoms with Gasteiger partial charge in [0, 0.05) is 5.39 Å². The average Bonchev–Trinajstić information content (AvgIpc) is 2.73. The van der Waals surface area contributed by atoms with E-state index in [1.54, 1.807) is 16.8 Å². The molecule has 0 saturated carbocycles. The lowest BCUT2D eigenvalue weighted by Crippen LogP contribution is -1.98. The van der Waals surface area contributed by atoms with Gasteiger partial charge in [-0.3, -0.25) is 0 Å². The van der Waals surface area contributed by atoms with Crippen LogP contribution in [0.2, 0.25) is 5.15 Å². The van der Waals surface area contributed by atoms with E-state index in [1.165, 1.54) is 12.1 Å². The number of fused-ring (bicyclic) bond motifs is 1. The van der Waals surface area contributed by atoms with E-state index in [1.807, 2.05) is 13.8 Å². The maximum atomic E-state index is 13.3. The molecule has 0 aliphatic heterocycles. The Balaban J connectivity index is 2.35. The molecule has 96 valence electrons. The van der Waals surface area contributed by atoms with Gasteiger partial charge in [0.2, 0.25) is 0 Å². The Hall–Kier alpha value is -2.01. The molecule has 3 rings (SSSR count). The van der Waals surface area contributed by atoms with Crippen molar-refractivity contribution in [3.63, 3.8) is 0 Å². The lowest BCUT2D eigenvalue weighted by molar-refractivity contribution is 0.625. The van der Waals surface area contributed by atoms with Crippen LogP contribution in [-0.2, 0) is 0 Å². The second kappa shape index (κ2) is 4.28. The first-order valence-corrected chi connectivity index (χ1v) is 6.10. The molecule has 0 fully saturated rings. The van der Waals surface area contributed by atoms with E-state index in [2.05, 4.69) is 15.3 Å². The summed E-state index contributed by atoms with van der Waals surface area (Å²) in [5.41, 5.74) is 2.83. The van der Waals surface area contributed by atoms with Crippen LogP contribution in [0, 0.1) is 19.7 Å². The minimum absolute atomic E-state index is 0.249. The van der Waals surface area contributed by atoms with E-state index in [0.29, 0.717) is 11.2 Å². The highest BCUT2D eigenvalue weighted by Gasteiger charge is 2.15. The molecule has 0 unspecified atom stereocenters. The van der Waals surface area contributed by atoms with Gasteiger partial charge in [-0.25, -0.2) is 9.07 Å². The maximum Gasteiger partial charge on any atom is 0.179 e. The molecule has 0 amide bonds. The standard InChI is InChI=1S/C13H10ClFN4/c1-7-11-8(2)19(10-5-3-4-9(15)6-10)18-12(11)13(14)17-16-7/h3-6H,1-2H3. The monoisotopic (exact) mass is 276 g/mol. The van der Waals surface area contributed by atoms with Gasteiger partial charge in [-0.2, -0.15) is 10.2 Å². The van der Waals surface area contributed by atoms with Crippen LogP contribution in [-0.4, -0.2) is 20.0 Å². The van der Waals surface area contributed by atoms with E-state index in [4.69, 9.17) is 11.6 Å². The van der Waals surface area contributed by atoms with Crippen molar-refractivity contribution in [1.29, 1.82) is 0 Å². The zero-order chi connectivity index (χ0) is 13.6. The molecule has 0 spiro atoms. The van der Waals surface area contributed by atoms with Crippen LogP contribution in [0.4, 0.5) is 4.39 Å². The summed E-state index contributed by atoms with van der Waals surface area (Å²) in [7, 11) is 0. The lowest BCUT2D eigenvalue weighted by Gasteiger charge is -2.03. The van der Waals surface area contributed by atoms with Gasteiger partial charge < -0.3 is 0 Å². The van der Waals surface area contributed by atoms with Gasteiger partial charge in [0.1, 0.15) is 11.3 Å². The van der Waals surface area contributed by atoms with Crippen molar-refractivity contribution in [2.45, 2.75) is 13.8 Å². The van der Waals surface area contributed by atoms with Crippen molar-refractivity contribution < 1.29 is 4.39 Å². The Morgan fingerprint density at radius 2 is 2.00 bits per heavy atom. The highest BCUT2D eigenvalue weighted by atomic mass is 35.5. The highest BCUT2D eigenvalue weighted by Crippen LogP contribution is 2.26. The first-order valence-electron chi connectivity index (χ1n) is 5.72. The number of hydrogen-bond donors (Lipinski definition) is 0. The Bertz CT molecular complexity index is 782. The van der Waals surface area contributed by atoms with Gasteiger partial charge >= 0.3 is 0 Å². The van der Waals surface area contributed by atoms with E-state index in [0.717, 1.165) is 16.8 Å². The lowest BCUT2D eigenvalue weighted by atomic mass is 10.2. The minimum atomic E-state index is -0.310. The quantitative estimate of drug-likeness (QED) is 0.685. The van der Waals surface area contributed by atoms with Crippen LogP contribution >= 0.6 is 11.6 Å². The number of hydrogen-bond acceptors (Lipinski definition) is 3. The fraction of sp³-hybridized carbons (Fsp3) is 0.154. The van der Waals surface area contributed by atoms with Crippen LogP contribution in [0.5, 0.6) is 0 Å². The van der Waals surface area contributed by atoms with Crippen molar-refractivity contribution in [2.24, 2.45) is 0 Å². The maximum absolute atomic E-state index is 13.3. The van der Waals surface area contributed by atoms with E-state index in [9.17, 15) is 4.39 Å². The van der Waals surface area contributed by atoms with E-state index < -0.39 is 0 Å². The molecule has 2 heterocycles. The smallest absolute Gasteiger partial charge is 0.179 e. The molecule has 3 aromatic rings. The van der Waals surface area contributed by atoms with Crippen LogP contribution in [0.25, 0.3) is 16.6 Å². The summed E-state index contributed by atoms with van der Waals surface area (Å²) < 4.78 is 15.0. The SMILES string of the molecule is Cc1nnc(Cl)c2nn(-c3cccc(F)c3)c(C)c12. The van der Waals surface area contributed by atoms with Crippen LogP contribution in [0.15, 0.2) is 24.3 Å². The molecule has 6 heteroatoms. The molecule has 0 aliphatic rings. The molecule has 1 aromatic carbocycles. The Labute approximate surface area is 113 Å². The third-order valence-corrected chi connectivity index (χ3v) is 3.27. The van der Waals surface area contributed by atoms with Gasteiger partial charge in [0.15, 0.2) is 5.15 Å². The summed E-state index contributed by atoms with van der Waals surface area (Å²) in [5.74, 6) is -0.310. The number of aryl methyl sites for hydroxylation is 2. The van der Waals surface area contributed by atoms with Crippen molar-refractivity contribution in [3.05, 3.63) is 46.6 Å². The number of nitrogens with zero attached hydrogens (tertiary/aromatic N) is 4. The summed E-state index contributed by atoms with van der Waals surface area (Å²) in [6, 6.07) is 6.24. The zero-order valence-electron chi connectivity index (χ0n) is 10.4. The van der Waals surface area contributed by atoms with Crippen molar-refractivity contribution in [3.8, 4) is 5.69 Å². The third kappa shape index (κ3) is 1.86. The first-order chi connectivity index (χ1) is 9.08. The second-order valence-electron chi connectivity index (χ2n) is 4.28. The fourth-order valence-corrected chi connectivity index (χ4v) is 2.33. The summed E-state index contributed by atoms with van der Waals surface area (Å²) >= 11 is 6.01. The van der Waals surface area contributed by atoms with Gasteiger partial charge in [-0.05, 0) is 32.0 Å². The molecule has 2 aromatic heterocycles. The van der Waals surface area contributed by atoms with Gasteiger partial charge in [-0.1, -0.05) is 17.7 Å². The number of aromatic nitrogens is 4. The normalized spacial score (nSPS) is 11.2. The first kappa shape index (κ1) is 12.0. The number of benzene rings is 1. The summed E-state index contributed by atoms with van der Waals surface area (Å²) in [6.45, 7) is 3.74. The van der Waals surface area contributed by atoms with Crippen LogP contribution in [0.3, 0.4) is 0 Å². The van der Waals surface area contributed by atoms with Gasteiger partial charge in [0.05, 0.1) is 17.1 Å². The molecular formula is C13H10ClFN4. The summed E-state index contributed by atoms with van der Waals surface area (Å²) in [6.07, 6.45) is 0. The highest BCUT2D eigenvalue weighted by molar-refractivity contribution is 6.33. The summed E-state index contributed by atoms with van der Waals surface area (Å²) in [4.78, 5) is 0. The van der Waals surface area contributed by atoms with E-state index >= 15 is 0 Å². The number of rotatable bonds is 1. The molecule has 0 saturated heterocycles. The minimum Gasteiger partial charge on any atom is -0.237 e. The predicted octanol–water partition coefficient (Wildman–Crippen LogP) is 3.22. The molecule has 0 bridgehead atoms. The second-order valence-corrected chi connectivity index (χ2v) is 4.63. The van der Waals surface area contributed by atoms with Crippen molar-refractivity contribution in [2.75, 3.05) is 0 Å². The average molecular weight is 277 g/mol. The van der Waals surface area contributed by atoms with Gasteiger partial charge in [0.25, 0.3) is 0 Å². The molecule has 0 atom stereocenters. The van der Waals surface area contributed by atoms with E-state index in [-0.39, 0.29) is 11.0 Å². The van der Waals surface area contributed by atoms with Crippen LogP contribution in [0.1, 0.15) is 11.4 Å². The molecule has 0 N–H and O–H groups in total. The zero-order valence-corrected chi connectivity index (χ0v) is 11.1. The molecule has 19 heavy (non-hydrogen) atoms. The van der Waals surface area contributed by atoms with Crippen molar-refractivity contribution in [1.82, 2.24) is 20.0 Å². The largest absolute Gasteiger partial charge is 0.237 e. The molecule has 0 aliphatic carbocycles. The molecular weight excluding hydrogens is 267 g/mol. The molecule has 0 radical (unpaired) electrons. The number of halogens is 2. The van der Waals surface area contributed by atoms with Crippen LogP contribution < -0.4 is 0 Å². The third-order valence-electron chi connectivity index (χ3n) is 3.01. The topological polar surface area (TPSA) is 43.6 Å². The summed E-state index contributed by atoms with van der Waals surface area (Å²) in [5, 5.41) is 13.3.